The number of rotatable bonds is 5. The van der Waals surface area contributed by atoms with E-state index >= 15 is 0 Å². The summed E-state index contributed by atoms with van der Waals surface area (Å²) in [6, 6.07) is 6.82. The minimum Gasteiger partial charge on any atom is -0.399 e. The first-order chi connectivity index (χ1) is 7.59. The molecular weight excluding hydrogens is 224 g/mol. The highest BCUT2D eigenvalue weighted by Crippen LogP contribution is 2.05. The lowest BCUT2D eigenvalue weighted by Crippen LogP contribution is -2.25. The molecule has 0 radical (unpaired) electrons. The number of carbonyl (C=O) groups is 1. The van der Waals surface area contributed by atoms with E-state index in [9.17, 15) is 9.00 Å². The van der Waals surface area contributed by atoms with Gasteiger partial charge in [-0.05, 0) is 24.6 Å². The monoisotopic (exact) mass is 240 g/mol. The van der Waals surface area contributed by atoms with Crippen molar-refractivity contribution in [2.75, 3.05) is 24.3 Å². The minimum atomic E-state index is -0.800. The van der Waals surface area contributed by atoms with Gasteiger partial charge in [0.2, 0.25) is 0 Å². The molecule has 5 heteroatoms. The third-order valence-corrected chi connectivity index (χ3v) is 2.91. The SMILES string of the molecule is CS(=O)CCCNC(=O)c1cccc(N)c1. The van der Waals surface area contributed by atoms with Crippen LogP contribution in [-0.2, 0) is 10.8 Å². The molecule has 1 amide bonds. The molecular formula is C11H16N2O2S. The predicted molar refractivity (Wildman–Crippen MR) is 66.7 cm³/mol. The molecule has 0 spiro atoms. The van der Waals surface area contributed by atoms with Crippen molar-refractivity contribution in [2.45, 2.75) is 6.42 Å². The second kappa shape index (κ2) is 6.27. The molecule has 0 aromatic heterocycles. The Morgan fingerprint density at radius 2 is 2.25 bits per heavy atom. The van der Waals surface area contributed by atoms with Gasteiger partial charge in [-0.3, -0.25) is 9.00 Å². The molecule has 0 aliphatic carbocycles. The van der Waals surface area contributed by atoms with Crippen LogP contribution >= 0.6 is 0 Å². The zero-order chi connectivity index (χ0) is 12.0. The normalized spacial score (nSPS) is 12.1. The molecule has 1 aromatic carbocycles. The van der Waals surface area contributed by atoms with E-state index in [1.165, 1.54) is 0 Å². The lowest BCUT2D eigenvalue weighted by atomic mass is 10.2. The van der Waals surface area contributed by atoms with Crippen molar-refractivity contribution in [3.05, 3.63) is 29.8 Å². The van der Waals surface area contributed by atoms with Gasteiger partial charge >= 0.3 is 0 Å². The van der Waals surface area contributed by atoms with Crippen LogP contribution in [0.5, 0.6) is 0 Å². The highest BCUT2D eigenvalue weighted by atomic mass is 32.2. The van der Waals surface area contributed by atoms with Gasteiger partial charge in [-0.15, -0.1) is 0 Å². The van der Waals surface area contributed by atoms with Gasteiger partial charge < -0.3 is 11.1 Å². The molecule has 1 rings (SSSR count). The van der Waals surface area contributed by atoms with Gasteiger partial charge in [0.1, 0.15) is 0 Å². The van der Waals surface area contributed by atoms with E-state index in [2.05, 4.69) is 5.32 Å². The predicted octanol–water partition coefficient (Wildman–Crippen LogP) is 0.767. The molecule has 0 heterocycles. The topological polar surface area (TPSA) is 72.2 Å². The van der Waals surface area contributed by atoms with Crippen LogP contribution in [0, 0.1) is 0 Å². The summed E-state index contributed by atoms with van der Waals surface area (Å²) < 4.78 is 10.8. The molecule has 88 valence electrons. The Kier molecular flexibility index (Phi) is 4.98. The van der Waals surface area contributed by atoms with Crippen molar-refractivity contribution in [2.24, 2.45) is 0 Å². The number of benzene rings is 1. The number of nitrogens with one attached hydrogen (secondary N) is 1. The number of hydrogen-bond donors (Lipinski definition) is 2. The molecule has 16 heavy (non-hydrogen) atoms. The van der Waals surface area contributed by atoms with Crippen LogP contribution in [0.1, 0.15) is 16.8 Å². The number of carbonyl (C=O) groups excluding carboxylic acids is 1. The van der Waals surface area contributed by atoms with Crippen LogP contribution in [0.2, 0.25) is 0 Å². The lowest BCUT2D eigenvalue weighted by molar-refractivity contribution is 0.0954. The number of amides is 1. The number of hydrogen-bond acceptors (Lipinski definition) is 3. The van der Waals surface area contributed by atoms with Gasteiger partial charge in [0, 0.05) is 40.6 Å². The Balaban J connectivity index is 2.38. The van der Waals surface area contributed by atoms with E-state index in [0.717, 1.165) is 6.42 Å². The van der Waals surface area contributed by atoms with Crippen LogP contribution in [0.4, 0.5) is 5.69 Å². The third-order valence-electron chi connectivity index (χ3n) is 2.04. The van der Waals surface area contributed by atoms with Crippen LogP contribution in [0.3, 0.4) is 0 Å². The molecule has 0 fully saturated rings. The van der Waals surface area contributed by atoms with E-state index in [-0.39, 0.29) is 5.91 Å². The average molecular weight is 240 g/mol. The van der Waals surface area contributed by atoms with E-state index in [1.54, 1.807) is 30.5 Å². The number of nitrogens with two attached hydrogens (primary N) is 1. The first-order valence-electron chi connectivity index (χ1n) is 5.03. The van der Waals surface area contributed by atoms with E-state index in [1.807, 2.05) is 0 Å². The molecule has 1 atom stereocenters. The van der Waals surface area contributed by atoms with Crippen molar-refractivity contribution in [3.63, 3.8) is 0 Å². The number of nitrogen functional groups attached to an aromatic ring is 1. The van der Waals surface area contributed by atoms with Gasteiger partial charge in [-0.1, -0.05) is 6.07 Å². The third kappa shape index (κ3) is 4.44. The summed E-state index contributed by atoms with van der Waals surface area (Å²) in [5.41, 5.74) is 6.70. The maximum Gasteiger partial charge on any atom is 0.251 e. The van der Waals surface area contributed by atoms with Gasteiger partial charge in [-0.2, -0.15) is 0 Å². The van der Waals surface area contributed by atoms with Crippen molar-refractivity contribution in [1.82, 2.24) is 5.32 Å². The summed E-state index contributed by atoms with van der Waals surface area (Å²) in [6.45, 7) is 0.535. The Morgan fingerprint density at radius 1 is 1.50 bits per heavy atom. The van der Waals surface area contributed by atoms with Gasteiger partial charge in [-0.25, -0.2) is 0 Å². The fourth-order valence-electron chi connectivity index (χ4n) is 1.26. The van der Waals surface area contributed by atoms with Gasteiger partial charge in [0.15, 0.2) is 0 Å². The molecule has 1 aromatic rings. The Hall–Kier alpha value is -1.36. The molecule has 4 nitrogen and oxygen atoms in total. The first-order valence-corrected chi connectivity index (χ1v) is 6.76. The summed E-state index contributed by atoms with van der Waals surface area (Å²) in [4.78, 5) is 11.6. The van der Waals surface area contributed by atoms with Crippen LogP contribution in [0.25, 0.3) is 0 Å². The van der Waals surface area contributed by atoms with Crippen molar-refractivity contribution >= 4 is 22.4 Å². The van der Waals surface area contributed by atoms with E-state index in [0.29, 0.717) is 23.5 Å². The summed E-state index contributed by atoms with van der Waals surface area (Å²) in [7, 11) is -0.800. The smallest absolute Gasteiger partial charge is 0.251 e. The number of anilines is 1. The van der Waals surface area contributed by atoms with E-state index in [4.69, 9.17) is 5.73 Å². The zero-order valence-corrected chi connectivity index (χ0v) is 10.0. The van der Waals surface area contributed by atoms with Crippen molar-refractivity contribution < 1.29 is 9.00 Å². The maximum absolute atomic E-state index is 11.6. The van der Waals surface area contributed by atoms with Crippen molar-refractivity contribution in [3.8, 4) is 0 Å². The summed E-state index contributed by atoms with van der Waals surface area (Å²) in [5.74, 6) is 0.464. The second-order valence-corrected chi connectivity index (χ2v) is 5.07. The minimum absolute atomic E-state index is 0.144. The van der Waals surface area contributed by atoms with Gasteiger partial charge in [0.05, 0.1) is 0 Å². The zero-order valence-electron chi connectivity index (χ0n) is 9.23. The Labute approximate surface area is 97.7 Å². The molecule has 3 N–H and O–H groups in total. The maximum atomic E-state index is 11.6. The molecule has 0 aliphatic heterocycles. The molecule has 0 aliphatic rings. The largest absolute Gasteiger partial charge is 0.399 e. The highest BCUT2D eigenvalue weighted by Gasteiger charge is 2.04. The van der Waals surface area contributed by atoms with Gasteiger partial charge in [0.25, 0.3) is 5.91 Å². The fourth-order valence-corrected chi connectivity index (χ4v) is 1.81. The lowest BCUT2D eigenvalue weighted by Gasteiger charge is -2.04. The van der Waals surface area contributed by atoms with E-state index < -0.39 is 10.8 Å². The Morgan fingerprint density at radius 3 is 2.88 bits per heavy atom. The fraction of sp³-hybridized carbons (Fsp3) is 0.364. The average Bonchev–Trinajstić information content (AvgIpc) is 2.24. The second-order valence-electron chi connectivity index (χ2n) is 3.51. The van der Waals surface area contributed by atoms with Crippen molar-refractivity contribution in [1.29, 1.82) is 0 Å². The van der Waals surface area contributed by atoms with Crippen LogP contribution in [-0.4, -0.2) is 28.7 Å². The summed E-state index contributed by atoms with van der Waals surface area (Å²) >= 11 is 0. The van der Waals surface area contributed by atoms with Crippen LogP contribution < -0.4 is 11.1 Å². The standard InChI is InChI=1S/C11H16N2O2S/c1-16(15)7-3-6-13-11(14)9-4-2-5-10(12)8-9/h2,4-5,8H,3,6-7,12H2,1H3,(H,13,14). The quantitative estimate of drug-likeness (QED) is 0.590. The summed E-state index contributed by atoms with van der Waals surface area (Å²) in [6.07, 6.45) is 2.37. The summed E-state index contributed by atoms with van der Waals surface area (Å²) in [5, 5.41) is 2.75. The molecule has 0 saturated carbocycles. The highest BCUT2D eigenvalue weighted by molar-refractivity contribution is 7.84. The molecule has 0 bridgehead atoms. The first kappa shape index (κ1) is 12.7. The molecule has 1 unspecified atom stereocenters. The Bertz CT molecular complexity index is 393. The van der Waals surface area contributed by atoms with Crippen LogP contribution in [0.15, 0.2) is 24.3 Å². The molecule has 0 saturated heterocycles.